The van der Waals surface area contributed by atoms with E-state index in [-0.39, 0.29) is 23.0 Å². The number of carbonyl (C=O) groups excluding carboxylic acids is 2. The first-order valence-electron chi connectivity index (χ1n) is 7.46. The summed E-state index contributed by atoms with van der Waals surface area (Å²) in [6, 6.07) is 10.1. The summed E-state index contributed by atoms with van der Waals surface area (Å²) < 4.78 is 25.1. The maximum atomic E-state index is 12.7. The molecule has 3 N–H and O–H groups in total. The van der Waals surface area contributed by atoms with Crippen LogP contribution in [0, 0.1) is 11.6 Å². The lowest BCUT2D eigenvalue weighted by molar-refractivity contribution is 0.107. The predicted octanol–water partition coefficient (Wildman–Crippen LogP) is 5.73. The van der Waals surface area contributed by atoms with Gasteiger partial charge in [-0.3, -0.25) is 20.9 Å². The van der Waals surface area contributed by atoms with E-state index in [1.165, 1.54) is 0 Å². The molecule has 0 heterocycles. The molecule has 2 aromatic rings. The van der Waals surface area contributed by atoms with Gasteiger partial charge in [-0.15, -0.1) is 12.4 Å². The van der Waals surface area contributed by atoms with Crippen molar-refractivity contribution in [3.05, 3.63) is 70.2 Å². The maximum absolute atomic E-state index is 12.7. The zero-order valence-electron chi connectivity index (χ0n) is 15.2. The number of benzene rings is 2. The van der Waals surface area contributed by atoms with E-state index in [1.807, 2.05) is 26.8 Å². The minimum Gasteiger partial charge on any atom is -0.276 e. The molecule has 0 aliphatic rings. The van der Waals surface area contributed by atoms with Crippen molar-refractivity contribution in [1.82, 2.24) is 5.43 Å². The zero-order chi connectivity index (χ0) is 21.2. The molecule has 0 radical (unpaired) electrons. The van der Waals surface area contributed by atoms with Gasteiger partial charge in [-0.1, -0.05) is 41.9 Å². The highest BCUT2D eigenvalue weighted by Gasteiger charge is 2.15. The van der Waals surface area contributed by atoms with Crippen LogP contribution in [0.5, 0.6) is 0 Å². The van der Waals surface area contributed by atoms with Gasteiger partial charge in [0.25, 0.3) is 10.5 Å². The Morgan fingerprint density at radius 1 is 1.00 bits per heavy atom. The van der Waals surface area contributed by atoms with E-state index in [4.69, 9.17) is 40.6 Å². The van der Waals surface area contributed by atoms with Gasteiger partial charge < -0.3 is 0 Å². The molecule has 10 heteroatoms. The molecule has 0 atom stereocenters. The summed E-state index contributed by atoms with van der Waals surface area (Å²) in [5.74, 6) is 3.15. The van der Waals surface area contributed by atoms with Crippen LogP contribution >= 0.6 is 47.2 Å². The summed E-state index contributed by atoms with van der Waals surface area (Å²) in [6.45, 7) is 6.02. The van der Waals surface area contributed by atoms with Crippen molar-refractivity contribution in [2.75, 3.05) is 0 Å². The van der Waals surface area contributed by atoms with Crippen LogP contribution < -0.4 is 11.3 Å². The molecular weight excluding hydrogens is 456 g/mol. The van der Waals surface area contributed by atoms with Gasteiger partial charge in [0.2, 0.25) is 0 Å². The minimum absolute atomic E-state index is 0. The molecule has 0 spiro atoms. The molecule has 0 amide bonds. The number of nitrogens with one attached hydrogen (secondary N) is 1. The van der Waals surface area contributed by atoms with E-state index in [0.717, 1.165) is 6.07 Å². The van der Waals surface area contributed by atoms with E-state index in [9.17, 15) is 18.4 Å². The monoisotopic (exact) mass is 474 g/mol. The molecular formula is C18H20Cl4F2N2O2. The van der Waals surface area contributed by atoms with Crippen LogP contribution in [0.3, 0.4) is 0 Å². The molecule has 2 rings (SSSR count). The zero-order valence-corrected chi connectivity index (χ0v) is 18.3. The molecule has 0 aliphatic carbocycles. The van der Waals surface area contributed by atoms with E-state index >= 15 is 0 Å². The molecule has 0 saturated heterocycles. The number of carbonyl (C=O) groups is 2. The lowest BCUT2D eigenvalue weighted by Gasteiger charge is -2.14. The Bertz CT molecular complexity index is 747. The van der Waals surface area contributed by atoms with Gasteiger partial charge in [0.15, 0.2) is 0 Å². The highest BCUT2D eigenvalue weighted by Crippen LogP contribution is 2.22. The van der Waals surface area contributed by atoms with Crippen molar-refractivity contribution in [2.45, 2.75) is 26.3 Å². The van der Waals surface area contributed by atoms with Crippen LogP contribution in [0.15, 0.2) is 42.5 Å². The predicted molar refractivity (Wildman–Crippen MR) is 113 cm³/mol. The summed E-state index contributed by atoms with van der Waals surface area (Å²) in [5.41, 5.74) is 2.71. The van der Waals surface area contributed by atoms with Crippen molar-refractivity contribution in [1.29, 1.82) is 0 Å². The molecule has 0 unspecified atom stereocenters. The highest BCUT2D eigenvalue weighted by molar-refractivity contribution is 6.68. The first-order valence-corrected chi connectivity index (χ1v) is 8.59. The Balaban J connectivity index is 0. The number of nitrogens with two attached hydrogens (primary N) is 1. The molecule has 4 nitrogen and oxygen atoms in total. The number of hydrogen-bond donors (Lipinski definition) is 2. The fourth-order valence-electron chi connectivity index (χ4n) is 1.30. The van der Waals surface area contributed by atoms with E-state index in [2.05, 4.69) is 5.43 Å². The molecule has 0 fully saturated rings. The summed E-state index contributed by atoms with van der Waals surface area (Å²) in [6.07, 6.45) is 0. The molecule has 0 saturated carbocycles. The second-order valence-corrected chi connectivity index (χ2v) is 7.15. The largest absolute Gasteiger partial charge is 0.276 e. The summed E-state index contributed by atoms with van der Waals surface area (Å²) >= 11 is 15.5. The number of rotatable bonds is 2. The second kappa shape index (κ2) is 13.8. The lowest BCUT2D eigenvalue weighted by Crippen LogP contribution is -2.41. The van der Waals surface area contributed by atoms with Crippen LogP contribution in [0.4, 0.5) is 8.78 Å². The Hall–Kier alpha value is -1.28. The van der Waals surface area contributed by atoms with Crippen LogP contribution in [-0.4, -0.2) is 16.0 Å². The average molecular weight is 476 g/mol. The van der Waals surface area contributed by atoms with Gasteiger partial charge >= 0.3 is 0 Å². The SMILES string of the molecule is CC(C)(C)NN.Cl.O=C(Cl)c1c(F)cc(F)cc1Cl.O=C(Cl)c1ccccc1. The fraction of sp³-hybridized carbons (Fsp3) is 0.222. The number of hydrogen-bond acceptors (Lipinski definition) is 4. The molecule has 0 aliphatic heterocycles. The van der Waals surface area contributed by atoms with Gasteiger partial charge in [-0.05, 0) is 50.0 Å². The molecule has 2 aromatic carbocycles. The Kier molecular flexibility index (Phi) is 14.3. The quantitative estimate of drug-likeness (QED) is 0.330. The summed E-state index contributed by atoms with van der Waals surface area (Å²) in [4.78, 5) is 20.9. The van der Waals surface area contributed by atoms with Gasteiger partial charge in [0.1, 0.15) is 11.6 Å². The third-order valence-electron chi connectivity index (χ3n) is 2.64. The molecule has 0 bridgehead atoms. The van der Waals surface area contributed by atoms with Crippen molar-refractivity contribution < 1.29 is 18.4 Å². The normalized spacial score (nSPS) is 9.75. The molecule has 0 aromatic heterocycles. The molecule has 28 heavy (non-hydrogen) atoms. The Morgan fingerprint density at radius 2 is 1.46 bits per heavy atom. The van der Waals surface area contributed by atoms with E-state index in [0.29, 0.717) is 11.6 Å². The molecule has 156 valence electrons. The average Bonchev–Trinajstić information content (AvgIpc) is 2.55. The van der Waals surface area contributed by atoms with Crippen LogP contribution in [-0.2, 0) is 0 Å². The first kappa shape index (κ1) is 28.9. The Labute approximate surface area is 183 Å². The van der Waals surface area contributed by atoms with Crippen molar-refractivity contribution >= 4 is 57.7 Å². The summed E-state index contributed by atoms with van der Waals surface area (Å²) in [5, 5.41) is -1.78. The van der Waals surface area contributed by atoms with Crippen molar-refractivity contribution in [2.24, 2.45) is 5.84 Å². The van der Waals surface area contributed by atoms with E-state index < -0.39 is 27.7 Å². The van der Waals surface area contributed by atoms with Gasteiger partial charge in [0, 0.05) is 17.2 Å². The standard InChI is InChI=1S/C7H2Cl2F2O.C7H5ClO.C4H12N2.ClH/c8-4-1-3(10)2-5(11)6(4)7(9)12;8-7(9)6-4-2-1-3-5-6;1-4(2,3)6-5;/h1-2H;1-5H;6H,5H2,1-3H3;1H. The third-order valence-corrected chi connectivity index (χ3v) is 3.34. The van der Waals surface area contributed by atoms with Gasteiger partial charge in [-0.2, -0.15) is 0 Å². The van der Waals surface area contributed by atoms with Crippen molar-refractivity contribution in [3.63, 3.8) is 0 Å². The third kappa shape index (κ3) is 12.2. The number of halogens is 6. The summed E-state index contributed by atoms with van der Waals surface area (Å²) in [7, 11) is 0. The van der Waals surface area contributed by atoms with Crippen LogP contribution in [0.25, 0.3) is 0 Å². The second-order valence-electron chi connectivity index (χ2n) is 6.05. The minimum atomic E-state index is -1.06. The first-order chi connectivity index (χ1) is 12.4. The fourth-order valence-corrected chi connectivity index (χ4v) is 1.95. The Morgan fingerprint density at radius 3 is 1.75 bits per heavy atom. The van der Waals surface area contributed by atoms with Crippen LogP contribution in [0.2, 0.25) is 5.02 Å². The highest BCUT2D eigenvalue weighted by atomic mass is 35.5. The maximum Gasteiger partial charge on any atom is 0.256 e. The van der Waals surface area contributed by atoms with Gasteiger partial charge in [0.05, 0.1) is 10.6 Å². The van der Waals surface area contributed by atoms with Crippen molar-refractivity contribution in [3.8, 4) is 0 Å². The number of hydrazine groups is 1. The van der Waals surface area contributed by atoms with Crippen LogP contribution in [0.1, 0.15) is 41.5 Å². The smallest absolute Gasteiger partial charge is 0.256 e. The van der Waals surface area contributed by atoms with Gasteiger partial charge in [-0.25, -0.2) is 8.78 Å². The topological polar surface area (TPSA) is 72.2 Å². The van der Waals surface area contributed by atoms with E-state index in [1.54, 1.807) is 24.3 Å². The lowest BCUT2D eigenvalue weighted by atomic mass is 10.1.